The van der Waals surface area contributed by atoms with Crippen molar-refractivity contribution in [2.45, 2.75) is 4.90 Å². The molecule has 3 N–H and O–H groups in total. The van der Waals surface area contributed by atoms with E-state index in [4.69, 9.17) is 11.0 Å². The van der Waals surface area contributed by atoms with E-state index >= 15 is 0 Å². The highest BCUT2D eigenvalue weighted by molar-refractivity contribution is 7.98. The van der Waals surface area contributed by atoms with Gasteiger partial charge in [-0.3, -0.25) is 9.59 Å². The van der Waals surface area contributed by atoms with Crippen molar-refractivity contribution >= 4 is 29.3 Å². The molecule has 110 valence electrons. The van der Waals surface area contributed by atoms with Gasteiger partial charge < -0.3 is 11.1 Å². The normalized spacial score (nSPS) is 9.82. The summed E-state index contributed by atoms with van der Waals surface area (Å²) < 4.78 is 0. The van der Waals surface area contributed by atoms with Gasteiger partial charge in [0, 0.05) is 16.0 Å². The first-order chi connectivity index (χ1) is 10.5. The summed E-state index contributed by atoms with van der Waals surface area (Å²) in [5.41, 5.74) is 6.81. The average Bonchev–Trinajstić information content (AvgIpc) is 2.54. The number of nitrogens with two attached hydrogens (primary N) is 1. The van der Waals surface area contributed by atoms with Crippen molar-refractivity contribution in [1.29, 1.82) is 5.26 Å². The van der Waals surface area contributed by atoms with Gasteiger partial charge in [0.05, 0.1) is 17.3 Å². The molecule has 0 radical (unpaired) electrons. The van der Waals surface area contributed by atoms with Crippen molar-refractivity contribution in [3.63, 3.8) is 0 Å². The van der Waals surface area contributed by atoms with Crippen LogP contribution in [0.1, 0.15) is 26.3 Å². The fraction of sp³-hybridized carbons (Fsp3) is 0.0625. The molecule has 5 nitrogen and oxygen atoms in total. The van der Waals surface area contributed by atoms with Crippen molar-refractivity contribution in [3.05, 3.63) is 59.2 Å². The molecule has 0 unspecified atom stereocenters. The lowest BCUT2D eigenvalue weighted by Gasteiger charge is -2.10. The smallest absolute Gasteiger partial charge is 0.255 e. The summed E-state index contributed by atoms with van der Waals surface area (Å²) in [5.74, 6) is -0.959. The fourth-order valence-electron chi connectivity index (χ4n) is 1.88. The topological polar surface area (TPSA) is 96.0 Å². The van der Waals surface area contributed by atoms with Crippen LogP contribution < -0.4 is 11.1 Å². The molecule has 0 spiro atoms. The number of thioether (sulfide) groups is 1. The zero-order valence-corrected chi connectivity index (χ0v) is 12.6. The number of primary amides is 1. The first-order valence-corrected chi connectivity index (χ1v) is 7.57. The number of hydrogen-bond donors (Lipinski definition) is 2. The maximum Gasteiger partial charge on any atom is 0.255 e. The third-order valence-corrected chi connectivity index (χ3v) is 3.78. The Bertz CT molecular complexity index is 781. The van der Waals surface area contributed by atoms with Crippen LogP contribution in [0.3, 0.4) is 0 Å². The molecule has 0 saturated heterocycles. The Hall–Kier alpha value is -2.78. The van der Waals surface area contributed by atoms with E-state index in [1.165, 1.54) is 17.8 Å². The van der Waals surface area contributed by atoms with Gasteiger partial charge in [-0.2, -0.15) is 5.26 Å². The minimum atomic E-state index is -0.592. The Balaban J connectivity index is 2.31. The van der Waals surface area contributed by atoms with E-state index < -0.39 is 5.91 Å². The summed E-state index contributed by atoms with van der Waals surface area (Å²) in [6.07, 6.45) is 1.88. The predicted octanol–water partition coefficient (Wildman–Crippen LogP) is 2.63. The fourth-order valence-corrected chi connectivity index (χ4v) is 2.42. The highest BCUT2D eigenvalue weighted by Gasteiger charge is 2.11. The minimum Gasteiger partial charge on any atom is -0.366 e. The number of benzene rings is 2. The quantitative estimate of drug-likeness (QED) is 0.848. The van der Waals surface area contributed by atoms with Gasteiger partial charge in [0.1, 0.15) is 0 Å². The second-order valence-electron chi connectivity index (χ2n) is 4.43. The van der Waals surface area contributed by atoms with E-state index in [0.717, 1.165) is 4.90 Å². The minimum absolute atomic E-state index is 0.267. The Morgan fingerprint density at radius 2 is 1.91 bits per heavy atom. The first kappa shape index (κ1) is 15.6. The Morgan fingerprint density at radius 1 is 1.18 bits per heavy atom. The van der Waals surface area contributed by atoms with Gasteiger partial charge in [-0.25, -0.2) is 0 Å². The maximum absolute atomic E-state index is 12.3. The van der Waals surface area contributed by atoms with Crippen LogP contribution in [0.4, 0.5) is 5.69 Å². The summed E-state index contributed by atoms with van der Waals surface area (Å²) in [6, 6.07) is 13.3. The summed E-state index contributed by atoms with van der Waals surface area (Å²) in [5, 5.41) is 11.7. The first-order valence-electron chi connectivity index (χ1n) is 6.34. The van der Waals surface area contributed by atoms with Crippen molar-refractivity contribution in [2.24, 2.45) is 5.73 Å². The van der Waals surface area contributed by atoms with Gasteiger partial charge in [-0.05, 0) is 42.7 Å². The third-order valence-electron chi connectivity index (χ3n) is 2.99. The number of amides is 2. The third kappa shape index (κ3) is 3.45. The number of anilines is 1. The van der Waals surface area contributed by atoms with Crippen molar-refractivity contribution in [3.8, 4) is 6.07 Å². The molecular weight excluding hydrogens is 298 g/mol. The highest BCUT2D eigenvalue weighted by Crippen LogP contribution is 2.26. The molecule has 0 aliphatic heterocycles. The maximum atomic E-state index is 12.3. The summed E-state index contributed by atoms with van der Waals surface area (Å²) in [6.45, 7) is 0. The summed E-state index contributed by atoms with van der Waals surface area (Å²) in [7, 11) is 0. The van der Waals surface area contributed by atoms with E-state index in [9.17, 15) is 9.59 Å². The van der Waals surface area contributed by atoms with Crippen molar-refractivity contribution < 1.29 is 9.59 Å². The monoisotopic (exact) mass is 311 g/mol. The predicted molar refractivity (Wildman–Crippen MR) is 85.9 cm³/mol. The summed E-state index contributed by atoms with van der Waals surface area (Å²) in [4.78, 5) is 24.3. The molecule has 2 rings (SSSR count). The molecule has 0 saturated carbocycles. The van der Waals surface area contributed by atoms with Crippen molar-refractivity contribution in [2.75, 3.05) is 11.6 Å². The Morgan fingerprint density at radius 3 is 2.55 bits per heavy atom. The van der Waals surface area contributed by atoms with Crippen LogP contribution in [0.5, 0.6) is 0 Å². The van der Waals surface area contributed by atoms with Crippen molar-refractivity contribution in [1.82, 2.24) is 0 Å². The van der Waals surface area contributed by atoms with Gasteiger partial charge in [-0.1, -0.05) is 6.07 Å². The second kappa shape index (κ2) is 6.78. The Kier molecular flexibility index (Phi) is 4.81. The van der Waals surface area contributed by atoms with E-state index in [-0.39, 0.29) is 11.5 Å². The van der Waals surface area contributed by atoms with Crippen LogP contribution in [0, 0.1) is 11.3 Å². The molecule has 0 bridgehead atoms. The largest absolute Gasteiger partial charge is 0.366 e. The van der Waals surface area contributed by atoms with Crippen LogP contribution >= 0.6 is 11.8 Å². The van der Waals surface area contributed by atoms with Gasteiger partial charge in [-0.15, -0.1) is 11.8 Å². The molecule has 2 aromatic rings. The molecule has 2 aromatic carbocycles. The second-order valence-corrected chi connectivity index (χ2v) is 5.27. The lowest BCUT2D eigenvalue weighted by molar-refractivity contribution is 0.1000. The Labute approximate surface area is 132 Å². The van der Waals surface area contributed by atoms with Crippen LogP contribution in [0.25, 0.3) is 0 Å². The number of nitrogens with zero attached hydrogens (tertiary/aromatic N) is 1. The molecule has 0 heterocycles. The average molecular weight is 311 g/mol. The van der Waals surface area contributed by atoms with Gasteiger partial charge in [0.25, 0.3) is 5.91 Å². The van der Waals surface area contributed by atoms with E-state index in [2.05, 4.69) is 5.32 Å². The molecular formula is C16H13N3O2S. The standard InChI is InChI=1S/C16H13N3O2S/c1-22-14-6-5-10(9-17)7-13(14)19-16(21)12-4-2-3-11(8-12)15(18)20/h2-8H,1H3,(H2,18,20)(H,19,21). The molecule has 0 aliphatic rings. The summed E-state index contributed by atoms with van der Waals surface area (Å²) >= 11 is 1.46. The molecule has 0 aromatic heterocycles. The lowest BCUT2D eigenvalue weighted by Crippen LogP contribution is -2.15. The van der Waals surface area contributed by atoms with E-state index in [0.29, 0.717) is 16.8 Å². The number of nitriles is 1. The molecule has 0 atom stereocenters. The number of carbonyl (C=O) groups excluding carboxylic acids is 2. The van der Waals surface area contributed by atoms with Crippen LogP contribution in [-0.2, 0) is 0 Å². The van der Waals surface area contributed by atoms with E-state index in [1.54, 1.807) is 36.4 Å². The number of nitrogens with one attached hydrogen (secondary N) is 1. The molecule has 0 aliphatic carbocycles. The molecule has 0 fully saturated rings. The van der Waals surface area contributed by atoms with Gasteiger partial charge in [0.15, 0.2) is 0 Å². The van der Waals surface area contributed by atoms with Gasteiger partial charge >= 0.3 is 0 Å². The van der Waals surface area contributed by atoms with Gasteiger partial charge in [0.2, 0.25) is 5.91 Å². The highest BCUT2D eigenvalue weighted by atomic mass is 32.2. The van der Waals surface area contributed by atoms with Crippen LogP contribution in [-0.4, -0.2) is 18.1 Å². The lowest BCUT2D eigenvalue weighted by atomic mass is 10.1. The van der Waals surface area contributed by atoms with Crippen LogP contribution in [0.2, 0.25) is 0 Å². The zero-order chi connectivity index (χ0) is 16.1. The molecule has 2 amide bonds. The number of hydrogen-bond acceptors (Lipinski definition) is 4. The number of rotatable bonds is 4. The molecule has 22 heavy (non-hydrogen) atoms. The number of carbonyl (C=O) groups is 2. The SMILES string of the molecule is CSc1ccc(C#N)cc1NC(=O)c1cccc(C(N)=O)c1. The van der Waals surface area contributed by atoms with Crippen LogP contribution in [0.15, 0.2) is 47.4 Å². The molecule has 6 heteroatoms. The van der Waals surface area contributed by atoms with E-state index in [1.807, 2.05) is 12.3 Å². The zero-order valence-electron chi connectivity index (χ0n) is 11.8.